The molecule has 158 valence electrons. The molecule has 1 aromatic heterocycles. The number of nitrogens with zero attached hydrogens (tertiary/aromatic N) is 1. The zero-order chi connectivity index (χ0) is 20.9. The molecule has 0 spiro atoms. The van der Waals surface area contributed by atoms with Crippen LogP contribution in [0.25, 0.3) is 0 Å². The number of rotatable bonds is 8. The van der Waals surface area contributed by atoms with E-state index in [1.165, 1.54) is 55.1 Å². The maximum absolute atomic E-state index is 12.5. The normalized spacial score (nSPS) is 14.0. The smallest absolute Gasteiger partial charge is 0.240 e. The van der Waals surface area contributed by atoms with Crippen LogP contribution in [0.5, 0.6) is 11.5 Å². The summed E-state index contributed by atoms with van der Waals surface area (Å²) in [4.78, 5) is 18.0. The van der Waals surface area contributed by atoms with Gasteiger partial charge in [0, 0.05) is 23.9 Å². The van der Waals surface area contributed by atoms with Crippen molar-refractivity contribution in [3.05, 3.63) is 28.8 Å². The minimum atomic E-state index is -3.77. The van der Waals surface area contributed by atoms with E-state index in [-0.39, 0.29) is 23.8 Å². The van der Waals surface area contributed by atoms with Gasteiger partial charge < -0.3 is 14.8 Å². The number of methoxy groups -OCH3 is 2. The molecule has 0 atom stereocenters. The fourth-order valence-corrected chi connectivity index (χ4v) is 5.24. The Morgan fingerprint density at radius 1 is 1.14 bits per heavy atom. The molecule has 1 aliphatic rings. The van der Waals surface area contributed by atoms with Crippen LogP contribution in [0.15, 0.2) is 23.1 Å². The average Bonchev–Trinajstić information content (AvgIpc) is 2.94. The Labute approximate surface area is 174 Å². The highest BCUT2D eigenvalue weighted by atomic mass is 32.2. The quantitative estimate of drug-likeness (QED) is 0.613. The van der Waals surface area contributed by atoms with Crippen LogP contribution in [0.2, 0.25) is 0 Å². The largest absolute Gasteiger partial charge is 0.493 e. The van der Waals surface area contributed by atoms with E-state index >= 15 is 0 Å². The van der Waals surface area contributed by atoms with Crippen LogP contribution >= 0.6 is 11.3 Å². The predicted octanol–water partition coefficient (Wildman–Crippen LogP) is 2.74. The molecule has 8 nitrogen and oxygen atoms in total. The van der Waals surface area contributed by atoms with Crippen LogP contribution in [-0.2, 0) is 27.7 Å². The zero-order valence-electron chi connectivity index (χ0n) is 16.5. The van der Waals surface area contributed by atoms with Crippen molar-refractivity contribution in [3.8, 4) is 11.5 Å². The van der Waals surface area contributed by atoms with E-state index in [0.717, 1.165) is 31.4 Å². The second-order valence-electron chi connectivity index (χ2n) is 6.66. The van der Waals surface area contributed by atoms with Crippen molar-refractivity contribution in [2.45, 2.75) is 43.4 Å². The zero-order valence-corrected chi connectivity index (χ0v) is 18.1. The second kappa shape index (κ2) is 9.55. The van der Waals surface area contributed by atoms with Crippen molar-refractivity contribution in [2.24, 2.45) is 0 Å². The highest BCUT2D eigenvalue weighted by molar-refractivity contribution is 7.89. The average molecular weight is 440 g/mol. The molecule has 0 unspecified atom stereocenters. The monoisotopic (exact) mass is 439 g/mol. The van der Waals surface area contributed by atoms with Gasteiger partial charge in [0.2, 0.25) is 15.9 Å². The molecule has 0 saturated carbocycles. The highest BCUT2D eigenvalue weighted by Crippen LogP contribution is 2.30. The number of fused-ring (bicyclic) bond motifs is 1. The number of hydrogen-bond donors (Lipinski definition) is 2. The minimum Gasteiger partial charge on any atom is -0.493 e. The summed E-state index contributed by atoms with van der Waals surface area (Å²) >= 11 is 1.51. The Morgan fingerprint density at radius 2 is 1.90 bits per heavy atom. The summed E-state index contributed by atoms with van der Waals surface area (Å²) < 4.78 is 37.6. The van der Waals surface area contributed by atoms with Gasteiger partial charge in [-0.1, -0.05) is 6.42 Å². The van der Waals surface area contributed by atoms with Crippen molar-refractivity contribution in [3.63, 3.8) is 0 Å². The maximum Gasteiger partial charge on any atom is 0.240 e. The fourth-order valence-electron chi connectivity index (χ4n) is 3.13. The van der Waals surface area contributed by atoms with Crippen LogP contribution < -0.4 is 19.5 Å². The fraction of sp³-hybridized carbons (Fsp3) is 0.474. The Balaban J connectivity index is 1.54. The number of aromatic nitrogens is 1. The van der Waals surface area contributed by atoms with Gasteiger partial charge in [0.15, 0.2) is 16.6 Å². The van der Waals surface area contributed by atoms with Crippen molar-refractivity contribution in [1.29, 1.82) is 0 Å². The molecule has 29 heavy (non-hydrogen) atoms. The predicted molar refractivity (Wildman–Crippen MR) is 111 cm³/mol. The SMILES string of the molecule is COc1ccc(S(=O)(=O)NCCC(=O)Nc2nc3c(s2)CCCCC3)cc1OC. The maximum atomic E-state index is 12.5. The Bertz CT molecular complexity index is 949. The van der Waals surface area contributed by atoms with E-state index in [2.05, 4.69) is 15.0 Å². The molecule has 0 fully saturated rings. The Kier molecular flexibility index (Phi) is 7.09. The number of nitrogens with one attached hydrogen (secondary N) is 2. The van der Waals surface area contributed by atoms with E-state index in [9.17, 15) is 13.2 Å². The number of carbonyl (C=O) groups excluding carboxylic acids is 1. The van der Waals surface area contributed by atoms with E-state index in [4.69, 9.17) is 9.47 Å². The molecule has 1 aliphatic carbocycles. The first-order valence-electron chi connectivity index (χ1n) is 9.43. The van der Waals surface area contributed by atoms with Gasteiger partial charge in [0.25, 0.3) is 0 Å². The highest BCUT2D eigenvalue weighted by Gasteiger charge is 2.18. The lowest BCUT2D eigenvalue weighted by Crippen LogP contribution is -2.27. The van der Waals surface area contributed by atoms with Crippen LogP contribution in [0.3, 0.4) is 0 Å². The second-order valence-corrected chi connectivity index (χ2v) is 9.51. The Hall–Kier alpha value is -2.17. The molecule has 0 aliphatic heterocycles. The van der Waals surface area contributed by atoms with Crippen molar-refractivity contribution >= 4 is 32.4 Å². The number of carbonyl (C=O) groups is 1. The van der Waals surface area contributed by atoms with Gasteiger partial charge in [-0.3, -0.25) is 4.79 Å². The summed E-state index contributed by atoms with van der Waals surface area (Å²) in [7, 11) is -0.861. The molecule has 3 rings (SSSR count). The first-order valence-corrected chi connectivity index (χ1v) is 11.7. The molecule has 10 heteroatoms. The number of ether oxygens (including phenoxy) is 2. The topological polar surface area (TPSA) is 107 Å². The van der Waals surface area contributed by atoms with E-state index in [1.54, 1.807) is 0 Å². The number of aryl methyl sites for hydroxylation is 2. The third kappa shape index (κ3) is 5.46. The Morgan fingerprint density at radius 3 is 2.66 bits per heavy atom. The van der Waals surface area contributed by atoms with Crippen molar-refractivity contribution < 1.29 is 22.7 Å². The minimum absolute atomic E-state index is 0.0107. The lowest BCUT2D eigenvalue weighted by molar-refractivity contribution is -0.116. The van der Waals surface area contributed by atoms with Gasteiger partial charge >= 0.3 is 0 Å². The number of amides is 1. The summed E-state index contributed by atoms with van der Waals surface area (Å²) in [5, 5.41) is 3.36. The first-order chi connectivity index (χ1) is 13.9. The summed E-state index contributed by atoms with van der Waals surface area (Å²) in [5.74, 6) is 0.480. The van der Waals surface area contributed by atoms with Crippen LogP contribution in [0.1, 0.15) is 36.3 Å². The lowest BCUT2D eigenvalue weighted by atomic mass is 10.2. The summed E-state index contributed by atoms with van der Waals surface area (Å²) in [6.45, 7) is -0.0202. The standard InChI is InChI=1S/C19H25N3O5S2/c1-26-15-9-8-13(12-16(15)27-2)29(24,25)20-11-10-18(23)22-19-21-14-6-4-3-5-7-17(14)28-19/h8-9,12,20H,3-7,10-11H2,1-2H3,(H,21,22,23). The lowest BCUT2D eigenvalue weighted by Gasteiger charge is -2.11. The molecular weight excluding hydrogens is 414 g/mol. The molecule has 2 N–H and O–H groups in total. The van der Waals surface area contributed by atoms with Gasteiger partial charge in [-0.05, 0) is 37.8 Å². The number of thiazole rings is 1. The van der Waals surface area contributed by atoms with Gasteiger partial charge in [-0.15, -0.1) is 11.3 Å². The number of benzene rings is 1. The van der Waals surface area contributed by atoms with Crippen LogP contribution in [-0.4, -0.2) is 40.1 Å². The van der Waals surface area contributed by atoms with Gasteiger partial charge in [0.05, 0.1) is 24.8 Å². The molecule has 1 amide bonds. The molecule has 1 aromatic carbocycles. The molecule has 1 heterocycles. The molecule has 0 radical (unpaired) electrons. The summed E-state index contributed by atoms with van der Waals surface area (Å²) in [6.07, 6.45) is 5.46. The van der Waals surface area contributed by atoms with Crippen molar-refractivity contribution in [1.82, 2.24) is 9.71 Å². The number of sulfonamides is 1. The van der Waals surface area contributed by atoms with Crippen molar-refractivity contribution in [2.75, 3.05) is 26.1 Å². The van der Waals surface area contributed by atoms with Gasteiger partial charge in [0.1, 0.15) is 0 Å². The third-order valence-corrected chi connectivity index (χ3v) is 7.18. The van der Waals surface area contributed by atoms with E-state index in [0.29, 0.717) is 16.6 Å². The summed E-state index contributed by atoms with van der Waals surface area (Å²) in [5.41, 5.74) is 1.08. The van der Waals surface area contributed by atoms with Crippen LogP contribution in [0, 0.1) is 0 Å². The molecule has 0 saturated heterocycles. The molecule has 2 aromatic rings. The van der Waals surface area contributed by atoms with Crippen LogP contribution in [0.4, 0.5) is 5.13 Å². The third-order valence-electron chi connectivity index (χ3n) is 4.65. The molecular formula is C19H25N3O5S2. The van der Waals surface area contributed by atoms with E-state index < -0.39 is 10.0 Å². The number of hydrogen-bond acceptors (Lipinski definition) is 7. The molecule has 0 bridgehead atoms. The van der Waals surface area contributed by atoms with E-state index in [1.807, 2.05) is 0 Å². The van der Waals surface area contributed by atoms with Gasteiger partial charge in [-0.25, -0.2) is 18.1 Å². The summed E-state index contributed by atoms with van der Waals surface area (Å²) in [6, 6.07) is 4.32. The number of anilines is 1. The first kappa shape index (κ1) is 21.5. The van der Waals surface area contributed by atoms with Gasteiger partial charge in [-0.2, -0.15) is 0 Å².